The third kappa shape index (κ3) is 2.20. The summed E-state index contributed by atoms with van der Waals surface area (Å²) in [7, 11) is 0. The maximum absolute atomic E-state index is 13.2. The lowest BCUT2D eigenvalue weighted by Crippen LogP contribution is -2.05. The molecule has 0 saturated carbocycles. The van der Waals surface area contributed by atoms with Gasteiger partial charge < -0.3 is 0 Å². The van der Waals surface area contributed by atoms with Crippen molar-refractivity contribution < 1.29 is 9.18 Å². The van der Waals surface area contributed by atoms with Crippen molar-refractivity contribution in [3.63, 3.8) is 0 Å². The number of halogens is 3. The molecule has 0 aromatic heterocycles. The zero-order chi connectivity index (χ0) is 10.0. The Labute approximate surface area is 85.5 Å². The number of benzene rings is 1. The van der Waals surface area contributed by atoms with E-state index in [0.717, 1.165) is 0 Å². The minimum Gasteiger partial charge on any atom is -0.293 e. The SMILES string of the molecule is Cc1cc(F)c(C(=O)CCl)c(Cl)c1. The van der Waals surface area contributed by atoms with Gasteiger partial charge in [-0.05, 0) is 24.6 Å². The lowest BCUT2D eigenvalue weighted by atomic mass is 10.1. The zero-order valence-corrected chi connectivity index (χ0v) is 8.42. The van der Waals surface area contributed by atoms with Gasteiger partial charge >= 0.3 is 0 Å². The van der Waals surface area contributed by atoms with Crippen molar-refractivity contribution in [3.05, 3.63) is 34.1 Å². The van der Waals surface area contributed by atoms with Crippen LogP contribution in [0.5, 0.6) is 0 Å². The number of ketones is 1. The van der Waals surface area contributed by atoms with Gasteiger partial charge in [-0.2, -0.15) is 0 Å². The number of aryl methyl sites for hydroxylation is 1. The van der Waals surface area contributed by atoms with Crippen LogP contribution in [0, 0.1) is 12.7 Å². The smallest absolute Gasteiger partial charge is 0.182 e. The highest BCUT2D eigenvalue weighted by Gasteiger charge is 2.15. The van der Waals surface area contributed by atoms with Crippen molar-refractivity contribution in [1.82, 2.24) is 0 Å². The molecule has 1 rings (SSSR count). The summed E-state index contributed by atoms with van der Waals surface area (Å²) in [5.74, 6) is -1.38. The lowest BCUT2D eigenvalue weighted by Gasteiger charge is -2.03. The number of rotatable bonds is 2. The van der Waals surface area contributed by atoms with E-state index in [4.69, 9.17) is 23.2 Å². The van der Waals surface area contributed by atoms with Crippen LogP contribution in [0.3, 0.4) is 0 Å². The van der Waals surface area contributed by atoms with Crippen LogP contribution in [0.2, 0.25) is 5.02 Å². The van der Waals surface area contributed by atoms with E-state index in [1.54, 1.807) is 6.92 Å². The fourth-order valence-corrected chi connectivity index (χ4v) is 1.53. The first-order valence-electron chi connectivity index (χ1n) is 3.61. The largest absolute Gasteiger partial charge is 0.293 e. The summed E-state index contributed by atoms with van der Waals surface area (Å²) < 4.78 is 13.2. The number of Topliss-reactive ketones (excluding diaryl/α,β-unsaturated/α-hetero) is 1. The van der Waals surface area contributed by atoms with Crippen LogP contribution in [-0.4, -0.2) is 11.7 Å². The van der Waals surface area contributed by atoms with Crippen LogP contribution < -0.4 is 0 Å². The quantitative estimate of drug-likeness (QED) is 0.553. The number of hydrogen-bond acceptors (Lipinski definition) is 1. The summed E-state index contributed by atoms with van der Waals surface area (Å²) in [5.41, 5.74) is 0.552. The molecule has 0 amide bonds. The van der Waals surface area contributed by atoms with Crippen LogP contribution in [0.4, 0.5) is 4.39 Å². The van der Waals surface area contributed by atoms with Gasteiger partial charge in [0.25, 0.3) is 0 Å². The first kappa shape index (κ1) is 10.5. The highest BCUT2D eigenvalue weighted by molar-refractivity contribution is 6.37. The van der Waals surface area contributed by atoms with E-state index >= 15 is 0 Å². The Morgan fingerprint density at radius 3 is 2.62 bits per heavy atom. The highest BCUT2D eigenvalue weighted by Crippen LogP contribution is 2.22. The molecule has 0 atom stereocenters. The molecule has 0 fully saturated rings. The minimum atomic E-state index is -0.615. The molecule has 13 heavy (non-hydrogen) atoms. The van der Waals surface area contributed by atoms with Gasteiger partial charge in [-0.25, -0.2) is 4.39 Å². The second-order valence-electron chi connectivity index (χ2n) is 2.66. The van der Waals surface area contributed by atoms with Gasteiger partial charge in [0.05, 0.1) is 16.5 Å². The van der Waals surface area contributed by atoms with Crippen molar-refractivity contribution >= 4 is 29.0 Å². The molecule has 0 radical (unpaired) electrons. The summed E-state index contributed by atoms with van der Waals surface area (Å²) in [6, 6.07) is 2.79. The molecule has 0 aliphatic heterocycles. The van der Waals surface area contributed by atoms with Crippen molar-refractivity contribution in [2.45, 2.75) is 6.92 Å². The summed E-state index contributed by atoms with van der Waals surface area (Å²) >= 11 is 11.0. The molecule has 0 aliphatic carbocycles. The van der Waals surface area contributed by atoms with Crippen LogP contribution in [0.1, 0.15) is 15.9 Å². The molecule has 70 valence electrons. The van der Waals surface area contributed by atoms with E-state index < -0.39 is 11.6 Å². The summed E-state index contributed by atoms with van der Waals surface area (Å²) in [5, 5.41) is 0.114. The van der Waals surface area contributed by atoms with Gasteiger partial charge in [-0.3, -0.25) is 4.79 Å². The Kier molecular flexibility index (Phi) is 3.28. The zero-order valence-electron chi connectivity index (χ0n) is 6.90. The van der Waals surface area contributed by atoms with Gasteiger partial charge in [0.15, 0.2) is 5.78 Å². The predicted molar refractivity (Wildman–Crippen MR) is 51.2 cm³/mol. The molecule has 0 N–H and O–H groups in total. The molecule has 0 aliphatic rings. The Balaban J connectivity index is 3.28. The van der Waals surface area contributed by atoms with Crippen LogP contribution in [-0.2, 0) is 0 Å². The third-order valence-electron chi connectivity index (χ3n) is 1.59. The van der Waals surface area contributed by atoms with Gasteiger partial charge in [-0.15, -0.1) is 11.6 Å². The maximum Gasteiger partial charge on any atom is 0.182 e. The summed E-state index contributed by atoms with van der Waals surface area (Å²) in [4.78, 5) is 11.1. The van der Waals surface area contributed by atoms with Gasteiger partial charge in [0.1, 0.15) is 5.82 Å². The number of hydrogen-bond donors (Lipinski definition) is 0. The molecular weight excluding hydrogens is 214 g/mol. The predicted octanol–water partition coefficient (Wildman–Crippen LogP) is 3.21. The number of carbonyl (C=O) groups is 1. The van der Waals surface area contributed by atoms with E-state index in [1.165, 1.54) is 12.1 Å². The molecule has 0 saturated heterocycles. The monoisotopic (exact) mass is 220 g/mol. The van der Waals surface area contributed by atoms with Gasteiger partial charge in [0, 0.05) is 0 Å². The Morgan fingerprint density at radius 1 is 1.54 bits per heavy atom. The molecule has 0 heterocycles. The fraction of sp³-hybridized carbons (Fsp3) is 0.222. The Morgan fingerprint density at radius 2 is 2.15 bits per heavy atom. The second kappa shape index (κ2) is 4.07. The molecule has 4 heteroatoms. The average Bonchev–Trinajstić information content (AvgIpc) is 2.02. The first-order valence-corrected chi connectivity index (χ1v) is 4.52. The maximum atomic E-state index is 13.2. The van der Waals surface area contributed by atoms with E-state index in [-0.39, 0.29) is 16.5 Å². The van der Waals surface area contributed by atoms with Gasteiger partial charge in [-0.1, -0.05) is 11.6 Å². The lowest BCUT2D eigenvalue weighted by molar-refractivity contribution is 0.101. The fourth-order valence-electron chi connectivity index (χ4n) is 1.03. The molecule has 1 aromatic carbocycles. The molecule has 0 spiro atoms. The molecule has 0 bridgehead atoms. The topological polar surface area (TPSA) is 17.1 Å². The normalized spacial score (nSPS) is 10.2. The minimum absolute atomic E-state index is 0.114. The van der Waals surface area contributed by atoms with Gasteiger partial charge in [0.2, 0.25) is 0 Å². The van der Waals surface area contributed by atoms with Crippen LogP contribution in [0.25, 0.3) is 0 Å². The Bertz CT molecular complexity index is 326. The summed E-state index contributed by atoms with van der Waals surface area (Å²) in [6.45, 7) is 1.70. The number of carbonyl (C=O) groups excluding carboxylic acids is 1. The second-order valence-corrected chi connectivity index (χ2v) is 3.33. The Hall–Kier alpha value is -0.600. The van der Waals surface area contributed by atoms with Crippen LogP contribution in [0.15, 0.2) is 12.1 Å². The van der Waals surface area contributed by atoms with E-state index in [1.807, 2.05) is 0 Å². The molecule has 0 unspecified atom stereocenters. The average molecular weight is 221 g/mol. The van der Waals surface area contributed by atoms with Crippen molar-refractivity contribution in [1.29, 1.82) is 0 Å². The summed E-state index contributed by atoms with van der Waals surface area (Å²) in [6.07, 6.45) is 0. The molecule has 1 aromatic rings. The van der Waals surface area contributed by atoms with E-state index in [9.17, 15) is 9.18 Å². The van der Waals surface area contributed by atoms with E-state index in [2.05, 4.69) is 0 Å². The van der Waals surface area contributed by atoms with Crippen LogP contribution >= 0.6 is 23.2 Å². The van der Waals surface area contributed by atoms with E-state index in [0.29, 0.717) is 5.56 Å². The molecular formula is C9H7Cl2FO. The number of alkyl halides is 1. The highest BCUT2D eigenvalue weighted by atomic mass is 35.5. The van der Waals surface area contributed by atoms with Crippen molar-refractivity contribution in [2.24, 2.45) is 0 Å². The van der Waals surface area contributed by atoms with Crippen molar-refractivity contribution in [3.8, 4) is 0 Å². The standard InChI is InChI=1S/C9H7Cl2FO/c1-5-2-6(11)9(7(12)3-5)8(13)4-10/h2-3H,4H2,1H3. The molecule has 1 nitrogen and oxygen atoms in total. The van der Waals surface area contributed by atoms with Crippen molar-refractivity contribution in [2.75, 3.05) is 5.88 Å². The third-order valence-corrected chi connectivity index (χ3v) is 2.13. The first-order chi connectivity index (χ1) is 6.06.